The zero-order valence-electron chi connectivity index (χ0n) is 19.3. The van der Waals surface area contributed by atoms with Crippen LogP contribution in [0, 0.1) is 13.8 Å². The number of anilines is 1. The molecule has 172 valence electrons. The van der Waals surface area contributed by atoms with E-state index in [1.165, 1.54) is 0 Å². The van der Waals surface area contributed by atoms with Crippen molar-refractivity contribution >= 4 is 27.4 Å². The van der Waals surface area contributed by atoms with Crippen LogP contribution in [0.2, 0.25) is 0 Å². The van der Waals surface area contributed by atoms with Gasteiger partial charge in [0, 0.05) is 37.3 Å². The Morgan fingerprint density at radius 3 is 2.64 bits per heavy atom. The molecule has 1 aliphatic rings. The Bertz CT molecular complexity index is 1290. The SMILES string of the molecule is COC1CCN(c2ncc(-c3cc4c(C(C)O)cc(C)cc4nc3-c3conc3C)s2)CC1. The van der Waals surface area contributed by atoms with Gasteiger partial charge in [-0.25, -0.2) is 9.97 Å². The van der Waals surface area contributed by atoms with Crippen molar-refractivity contribution in [2.45, 2.75) is 45.8 Å². The Morgan fingerprint density at radius 2 is 1.97 bits per heavy atom. The van der Waals surface area contributed by atoms with Crippen LogP contribution in [0.4, 0.5) is 5.13 Å². The van der Waals surface area contributed by atoms with Gasteiger partial charge in [-0.05, 0) is 56.9 Å². The molecule has 0 bridgehead atoms. The van der Waals surface area contributed by atoms with Gasteiger partial charge < -0.3 is 19.3 Å². The van der Waals surface area contributed by atoms with Crippen molar-refractivity contribution in [1.29, 1.82) is 0 Å². The highest BCUT2D eigenvalue weighted by Crippen LogP contribution is 2.41. The van der Waals surface area contributed by atoms with E-state index < -0.39 is 6.10 Å². The Kier molecular flexibility index (Phi) is 5.90. The molecule has 0 saturated carbocycles. The molecule has 1 N–H and O–H groups in total. The van der Waals surface area contributed by atoms with Crippen LogP contribution in [0.5, 0.6) is 0 Å². The number of pyridine rings is 1. The van der Waals surface area contributed by atoms with Crippen molar-refractivity contribution in [3.63, 3.8) is 0 Å². The van der Waals surface area contributed by atoms with E-state index in [1.54, 1.807) is 31.6 Å². The number of hydrogen-bond acceptors (Lipinski definition) is 8. The molecule has 1 saturated heterocycles. The van der Waals surface area contributed by atoms with Crippen LogP contribution in [-0.2, 0) is 4.74 Å². The molecular formula is C25H28N4O3S. The number of methoxy groups -OCH3 is 1. The molecule has 0 spiro atoms. The fourth-order valence-electron chi connectivity index (χ4n) is 4.53. The van der Waals surface area contributed by atoms with E-state index in [4.69, 9.17) is 19.2 Å². The van der Waals surface area contributed by atoms with Gasteiger partial charge in [0.25, 0.3) is 0 Å². The summed E-state index contributed by atoms with van der Waals surface area (Å²) in [4.78, 5) is 13.1. The maximum absolute atomic E-state index is 10.4. The lowest BCUT2D eigenvalue weighted by Crippen LogP contribution is -2.36. The molecular weight excluding hydrogens is 436 g/mol. The molecule has 1 unspecified atom stereocenters. The average molecular weight is 465 g/mol. The monoisotopic (exact) mass is 464 g/mol. The largest absolute Gasteiger partial charge is 0.389 e. The maximum Gasteiger partial charge on any atom is 0.185 e. The van der Waals surface area contributed by atoms with E-state index >= 15 is 0 Å². The third-order valence-electron chi connectivity index (χ3n) is 6.37. The van der Waals surface area contributed by atoms with Crippen LogP contribution in [0.15, 0.2) is 35.2 Å². The highest BCUT2D eigenvalue weighted by Gasteiger charge is 2.23. The van der Waals surface area contributed by atoms with E-state index in [-0.39, 0.29) is 0 Å². The van der Waals surface area contributed by atoms with Crippen LogP contribution >= 0.6 is 11.3 Å². The van der Waals surface area contributed by atoms with Gasteiger partial charge in [0.2, 0.25) is 0 Å². The number of ether oxygens (including phenoxy) is 1. The molecule has 5 rings (SSSR count). The molecule has 3 aromatic heterocycles. The summed E-state index contributed by atoms with van der Waals surface area (Å²) in [5, 5.41) is 16.5. The minimum Gasteiger partial charge on any atom is -0.389 e. The summed E-state index contributed by atoms with van der Waals surface area (Å²) < 4.78 is 10.8. The van der Waals surface area contributed by atoms with Crippen LogP contribution in [0.3, 0.4) is 0 Å². The predicted molar refractivity (Wildman–Crippen MR) is 131 cm³/mol. The second-order valence-electron chi connectivity index (χ2n) is 8.72. The number of thiazole rings is 1. The fourth-order valence-corrected chi connectivity index (χ4v) is 5.51. The Morgan fingerprint density at radius 1 is 1.18 bits per heavy atom. The van der Waals surface area contributed by atoms with Gasteiger partial charge in [-0.1, -0.05) is 22.6 Å². The Labute approximate surface area is 197 Å². The van der Waals surface area contributed by atoms with Gasteiger partial charge in [0.15, 0.2) is 5.13 Å². The number of aryl methyl sites for hydroxylation is 2. The molecule has 33 heavy (non-hydrogen) atoms. The Balaban J connectivity index is 1.64. The first-order valence-corrected chi connectivity index (χ1v) is 12.0. The fraction of sp³-hybridized carbons (Fsp3) is 0.400. The lowest BCUT2D eigenvalue weighted by molar-refractivity contribution is 0.0819. The number of fused-ring (bicyclic) bond motifs is 1. The number of nitrogens with zero attached hydrogens (tertiary/aromatic N) is 4. The second kappa shape index (κ2) is 8.85. The number of aliphatic hydroxyl groups is 1. The summed E-state index contributed by atoms with van der Waals surface area (Å²) in [7, 11) is 1.78. The first-order chi connectivity index (χ1) is 15.9. The zero-order chi connectivity index (χ0) is 23.1. The molecule has 1 aromatic carbocycles. The first-order valence-electron chi connectivity index (χ1n) is 11.2. The number of hydrogen-bond donors (Lipinski definition) is 1. The number of aliphatic hydroxyl groups excluding tert-OH is 1. The van der Waals surface area contributed by atoms with Gasteiger partial charge in [-0.3, -0.25) is 0 Å². The van der Waals surface area contributed by atoms with Crippen molar-refractivity contribution in [1.82, 2.24) is 15.1 Å². The van der Waals surface area contributed by atoms with Crippen molar-refractivity contribution in [2.75, 3.05) is 25.1 Å². The summed E-state index contributed by atoms with van der Waals surface area (Å²) in [6.45, 7) is 7.60. The summed E-state index contributed by atoms with van der Waals surface area (Å²) >= 11 is 1.67. The zero-order valence-corrected chi connectivity index (χ0v) is 20.1. The van der Waals surface area contributed by atoms with Gasteiger partial charge in [-0.15, -0.1) is 0 Å². The summed E-state index contributed by atoms with van der Waals surface area (Å²) in [5.41, 5.74) is 6.22. The minimum atomic E-state index is -0.593. The topological polar surface area (TPSA) is 84.5 Å². The predicted octanol–water partition coefficient (Wildman–Crippen LogP) is 5.30. The van der Waals surface area contributed by atoms with Crippen LogP contribution in [0.1, 0.15) is 42.7 Å². The second-order valence-corrected chi connectivity index (χ2v) is 9.73. The molecule has 0 aliphatic carbocycles. The molecule has 0 radical (unpaired) electrons. The van der Waals surface area contributed by atoms with Gasteiger partial charge in [0.05, 0.1) is 39.6 Å². The molecule has 8 heteroatoms. The van der Waals surface area contributed by atoms with E-state index in [2.05, 4.69) is 22.2 Å². The van der Waals surface area contributed by atoms with Crippen LogP contribution in [-0.4, -0.2) is 46.5 Å². The number of benzene rings is 1. The molecule has 7 nitrogen and oxygen atoms in total. The number of aromatic nitrogens is 3. The Hall–Kier alpha value is -2.81. The lowest BCUT2D eigenvalue weighted by Gasteiger charge is -2.30. The van der Waals surface area contributed by atoms with Crippen molar-refractivity contribution in [3.8, 4) is 21.7 Å². The van der Waals surface area contributed by atoms with E-state index in [1.807, 2.05) is 26.1 Å². The van der Waals surface area contributed by atoms with E-state index in [0.717, 1.165) is 80.5 Å². The van der Waals surface area contributed by atoms with E-state index in [9.17, 15) is 5.11 Å². The van der Waals surface area contributed by atoms with Crippen molar-refractivity contribution in [3.05, 3.63) is 47.5 Å². The molecule has 1 fully saturated rings. The molecule has 4 aromatic rings. The van der Waals surface area contributed by atoms with Crippen molar-refractivity contribution < 1.29 is 14.4 Å². The quantitative estimate of drug-likeness (QED) is 0.429. The van der Waals surface area contributed by atoms with E-state index in [0.29, 0.717) is 6.10 Å². The van der Waals surface area contributed by atoms with Crippen LogP contribution < -0.4 is 4.90 Å². The average Bonchev–Trinajstić information content (AvgIpc) is 3.47. The highest BCUT2D eigenvalue weighted by molar-refractivity contribution is 7.19. The van der Waals surface area contributed by atoms with Crippen molar-refractivity contribution in [2.24, 2.45) is 0 Å². The maximum atomic E-state index is 10.4. The molecule has 4 heterocycles. The molecule has 1 aliphatic heterocycles. The van der Waals surface area contributed by atoms with Gasteiger partial charge in [-0.2, -0.15) is 0 Å². The summed E-state index contributed by atoms with van der Waals surface area (Å²) in [6.07, 6.45) is 5.32. The van der Waals surface area contributed by atoms with Gasteiger partial charge >= 0.3 is 0 Å². The summed E-state index contributed by atoms with van der Waals surface area (Å²) in [6, 6.07) is 6.20. The molecule has 0 amide bonds. The number of piperidine rings is 1. The highest BCUT2D eigenvalue weighted by atomic mass is 32.1. The van der Waals surface area contributed by atoms with Crippen LogP contribution in [0.25, 0.3) is 32.6 Å². The smallest absolute Gasteiger partial charge is 0.185 e. The lowest BCUT2D eigenvalue weighted by atomic mass is 9.97. The normalized spacial score (nSPS) is 16.0. The number of rotatable bonds is 5. The first kappa shape index (κ1) is 22.0. The molecule has 1 atom stereocenters. The van der Waals surface area contributed by atoms with Gasteiger partial charge in [0.1, 0.15) is 6.26 Å². The minimum absolute atomic E-state index is 0.330. The third kappa shape index (κ3) is 4.14. The summed E-state index contributed by atoms with van der Waals surface area (Å²) in [5.74, 6) is 0. The third-order valence-corrected chi connectivity index (χ3v) is 7.46. The standard InChI is InChI=1S/C25H28N4O3S/c1-14-9-18(16(3)30)19-11-20(24(27-22(19)10-14)21-13-32-28-15(21)2)23-12-26-25(33-23)29-7-5-17(31-4)6-8-29/h9-13,16-17,30H,5-8H2,1-4H3.